The lowest BCUT2D eigenvalue weighted by Gasteiger charge is -2.18. The predicted molar refractivity (Wildman–Crippen MR) is 105 cm³/mol. The van der Waals surface area contributed by atoms with E-state index in [9.17, 15) is 4.79 Å². The number of esters is 1. The number of carbonyl (C=O) groups is 1. The summed E-state index contributed by atoms with van der Waals surface area (Å²) in [6.45, 7) is 6.16. The second-order valence-electron chi connectivity index (χ2n) is 6.22. The second-order valence-corrected chi connectivity index (χ2v) is 6.66. The Hall–Kier alpha value is -2.59. The predicted octanol–water partition coefficient (Wildman–Crippen LogP) is 4.97. The lowest BCUT2D eigenvalue weighted by molar-refractivity contribution is -0.345. The first-order valence-corrected chi connectivity index (χ1v) is 9.02. The Morgan fingerprint density at radius 2 is 2.00 bits per heavy atom. The molecular weight excluding hydrogens is 348 g/mol. The number of aromatic amines is 1. The van der Waals surface area contributed by atoms with E-state index < -0.39 is 0 Å². The standard InChI is InChI=1S/C21H21ClN2O2/c1-4-26-21(25)18-12-23-19-13(2)10-16(22)11-17(19)20(18)24-14(3)15-8-6-5-7-9-15/h5-12,14H,4H2,1-3H3,(H,23,24)/p+1/t14-/m0/s1. The summed E-state index contributed by atoms with van der Waals surface area (Å²) in [6, 6.07) is 13.9. The summed E-state index contributed by atoms with van der Waals surface area (Å²) in [5.74, 6) is -0.369. The van der Waals surface area contributed by atoms with Gasteiger partial charge in [0.25, 0.3) is 0 Å². The smallest absolute Gasteiger partial charge is 0.346 e. The van der Waals surface area contributed by atoms with Crippen LogP contribution in [-0.2, 0) is 4.74 Å². The highest BCUT2D eigenvalue weighted by Gasteiger charge is 2.23. The van der Waals surface area contributed by atoms with Crippen molar-refractivity contribution in [2.24, 2.45) is 0 Å². The molecule has 1 aromatic heterocycles. The number of fused-ring (bicyclic) bond motifs is 1. The van der Waals surface area contributed by atoms with E-state index in [0.717, 1.165) is 27.7 Å². The molecule has 4 nitrogen and oxygen atoms in total. The average molecular weight is 370 g/mol. The van der Waals surface area contributed by atoms with Gasteiger partial charge in [-0.25, -0.2) is 9.78 Å². The van der Waals surface area contributed by atoms with Gasteiger partial charge in [0.2, 0.25) is 5.52 Å². The molecule has 26 heavy (non-hydrogen) atoms. The quantitative estimate of drug-likeness (QED) is 0.646. The van der Waals surface area contributed by atoms with Crippen molar-refractivity contribution >= 4 is 34.2 Å². The van der Waals surface area contributed by atoms with Crippen LogP contribution in [0.15, 0.2) is 48.7 Å². The summed E-state index contributed by atoms with van der Waals surface area (Å²) < 4.78 is 5.23. The molecule has 0 unspecified atom stereocenters. The maximum absolute atomic E-state index is 12.5. The molecule has 0 amide bonds. The number of rotatable bonds is 5. The number of hydrogen-bond acceptors (Lipinski definition) is 3. The summed E-state index contributed by atoms with van der Waals surface area (Å²) in [6.07, 6.45) is 1.70. The van der Waals surface area contributed by atoms with Crippen molar-refractivity contribution in [1.82, 2.24) is 0 Å². The van der Waals surface area contributed by atoms with E-state index in [1.807, 2.05) is 37.3 Å². The first-order valence-electron chi connectivity index (χ1n) is 8.64. The highest BCUT2D eigenvalue weighted by atomic mass is 35.5. The van der Waals surface area contributed by atoms with Crippen LogP contribution in [0.3, 0.4) is 0 Å². The minimum Gasteiger partial charge on any atom is -0.462 e. The van der Waals surface area contributed by atoms with E-state index in [1.54, 1.807) is 13.1 Å². The van der Waals surface area contributed by atoms with E-state index in [4.69, 9.17) is 16.3 Å². The van der Waals surface area contributed by atoms with E-state index in [-0.39, 0.29) is 12.0 Å². The number of ether oxygens (including phenoxy) is 1. The lowest BCUT2D eigenvalue weighted by atomic mass is 10.0. The largest absolute Gasteiger partial charge is 0.462 e. The number of hydrogen-bond donors (Lipinski definition) is 1. The Balaban J connectivity index is 2.15. The first kappa shape index (κ1) is 18.2. The van der Waals surface area contributed by atoms with Gasteiger partial charge in [0, 0.05) is 16.6 Å². The fourth-order valence-corrected chi connectivity index (χ4v) is 3.33. The van der Waals surface area contributed by atoms with Gasteiger partial charge in [0.05, 0.1) is 17.7 Å². The normalized spacial score (nSPS) is 12.0. The summed E-state index contributed by atoms with van der Waals surface area (Å²) >= 11 is 6.28. The minimum absolute atomic E-state index is 0.00858. The molecule has 1 atom stereocenters. The van der Waals surface area contributed by atoms with Gasteiger partial charge in [0.15, 0.2) is 6.20 Å². The number of carbonyl (C=O) groups excluding carboxylic acids is 1. The summed E-state index contributed by atoms with van der Waals surface area (Å²) in [5.41, 5.74) is 4.26. The Bertz CT molecular complexity index is 942. The van der Waals surface area contributed by atoms with E-state index >= 15 is 0 Å². The summed E-state index contributed by atoms with van der Waals surface area (Å²) in [7, 11) is 0. The zero-order chi connectivity index (χ0) is 18.7. The van der Waals surface area contributed by atoms with Gasteiger partial charge in [0.1, 0.15) is 5.56 Å². The monoisotopic (exact) mass is 369 g/mol. The van der Waals surface area contributed by atoms with Crippen LogP contribution < -0.4 is 10.3 Å². The SMILES string of the molecule is CCOC(=O)c1c[nH+]c2c(C)cc(Cl)cc2c1N[C@@H](C)c1ccccc1. The van der Waals surface area contributed by atoms with Gasteiger partial charge >= 0.3 is 5.97 Å². The maximum atomic E-state index is 12.5. The molecule has 0 aliphatic carbocycles. The third-order valence-electron chi connectivity index (χ3n) is 4.36. The van der Waals surface area contributed by atoms with Crippen LogP contribution in [0.1, 0.15) is 41.4 Å². The molecule has 0 radical (unpaired) electrons. The number of aryl methyl sites for hydroxylation is 1. The fraction of sp³-hybridized carbons (Fsp3) is 0.238. The van der Waals surface area contributed by atoms with Gasteiger partial charge in [-0.05, 0) is 38.5 Å². The van der Waals surface area contributed by atoms with Crippen molar-refractivity contribution in [2.45, 2.75) is 26.8 Å². The molecule has 134 valence electrons. The van der Waals surface area contributed by atoms with Crippen molar-refractivity contribution in [1.29, 1.82) is 0 Å². The van der Waals surface area contributed by atoms with Crippen LogP contribution in [0.4, 0.5) is 5.69 Å². The maximum Gasteiger partial charge on any atom is 0.346 e. The molecule has 0 spiro atoms. The van der Waals surface area contributed by atoms with Gasteiger partial charge in [-0.2, -0.15) is 0 Å². The third kappa shape index (κ3) is 3.65. The van der Waals surface area contributed by atoms with E-state index in [2.05, 4.69) is 29.4 Å². The molecule has 0 saturated carbocycles. The number of halogens is 1. The molecule has 3 aromatic rings. The van der Waals surface area contributed by atoms with Crippen LogP contribution in [0.2, 0.25) is 5.02 Å². The summed E-state index contributed by atoms with van der Waals surface area (Å²) in [4.78, 5) is 15.7. The topological polar surface area (TPSA) is 52.5 Å². The lowest BCUT2D eigenvalue weighted by Crippen LogP contribution is -2.18. The molecule has 2 N–H and O–H groups in total. The molecule has 0 aliphatic heterocycles. The number of pyridine rings is 1. The van der Waals surface area contributed by atoms with E-state index in [1.165, 1.54) is 0 Å². The zero-order valence-corrected chi connectivity index (χ0v) is 15.9. The fourth-order valence-electron chi connectivity index (χ4n) is 3.06. The highest BCUT2D eigenvalue weighted by Crippen LogP contribution is 2.32. The zero-order valence-electron chi connectivity index (χ0n) is 15.1. The molecule has 0 fully saturated rings. The van der Waals surface area contributed by atoms with Crippen LogP contribution in [0.5, 0.6) is 0 Å². The highest BCUT2D eigenvalue weighted by molar-refractivity contribution is 6.31. The van der Waals surface area contributed by atoms with Gasteiger partial charge in [-0.15, -0.1) is 0 Å². The van der Waals surface area contributed by atoms with E-state index in [0.29, 0.717) is 17.2 Å². The van der Waals surface area contributed by atoms with Gasteiger partial charge in [-0.3, -0.25) is 0 Å². The van der Waals surface area contributed by atoms with Gasteiger partial charge < -0.3 is 10.1 Å². The van der Waals surface area contributed by atoms with Crippen molar-refractivity contribution in [3.8, 4) is 0 Å². The number of nitrogens with one attached hydrogen (secondary N) is 2. The first-order chi connectivity index (χ1) is 12.5. The molecule has 1 heterocycles. The number of anilines is 1. The van der Waals surface area contributed by atoms with Crippen LogP contribution in [0.25, 0.3) is 10.9 Å². The molecule has 0 aliphatic rings. The Morgan fingerprint density at radius 1 is 1.27 bits per heavy atom. The van der Waals surface area contributed by atoms with Crippen molar-refractivity contribution in [3.05, 3.63) is 70.4 Å². The number of benzene rings is 2. The molecule has 5 heteroatoms. The molecular formula is C21H22ClN2O2+. The van der Waals surface area contributed by atoms with Crippen molar-refractivity contribution < 1.29 is 14.5 Å². The van der Waals surface area contributed by atoms with Crippen LogP contribution in [-0.4, -0.2) is 12.6 Å². The Morgan fingerprint density at radius 3 is 2.69 bits per heavy atom. The molecule has 3 rings (SSSR count). The molecule has 0 saturated heterocycles. The van der Waals surface area contributed by atoms with Crippen LogP contribution >= 0.6 is 11.6 Å². The van der Waals surface area contributed by atoms with Gasteiger partial charge in [-0.1, -0.05) is 41.9 Å². The average Bonchev–Trinajstić information content (AvgIpc) is 2.63. The second kappa shape index (κ2) is 7.75. The van der Waals surface area contributed by atoms with Crippen LogP contribution in [0, 0.1) is 6.92 Å². The van der Waals surface area contributed by atoms with Crippen molar-refractivity contribution in [3.63, 3.8) is 0 Å². The van der Waals surface area contributed by atoms with Crippen molar-refractivity contribution in [2.75, 3.05) is 11.9 Å². The Kier molecular flexibility index (Phi) is 5.43. The molecule has 2 aromatic carbocycles. The Labute approximate surface area is 158 Å². The third-order valence-corrected chi connectivity index (χ3v) is 4.57. The summed E-state index contributed by atoms with van der Waals surface area (Å²) in [5, 5.41) is 4.97. The number of H-pyrrole nitrogens is 1. The number of aromatic nitrogens is 1. The minimum atomic E-state index is -0.369. The molecule has 0 bridgehead atoms.